The van der Waals surface area contributed by atoms with Gasteiger partial charge in [0.25, 0.3) is 5.97 Å². The highest BCUT2D eigenvalue weighted by molar-refractivity contribution is 4.96. The normalized spacial score (nSPS) is 18.2. The molecule has 242 valence electrons. The number of hydrogen-bond acceptors (Lipinski definition) is 8. The van der Waals surface area contributed by atoms with E-state index in [2.05, 4.69) is 48.5 Å². The lowest BCUT2D eigenvalue weighted by molar-refractivity contribution is -0.598. The predicted molar refractivity (Wildman–Crippen MR) is 161 cm³/mol. The molecule has 0 aromatic carbocycles. The Hall–Kier alpha value is -0.320. The highest BCUT2D eigenvalue weighted by Gasteiger charge is 2.70. The number of unbranched alkanes of at least 4 members (excludes halogenated alkanes) is 1. The molecular formula is C32H66O8. The fraction of sp³-hybridized carbons (Fsp3) is 1.00. The van der Waals surface area contributed by atoms with Crippen LogP contribution in [0.3, 0.4) is 0 Å². The zero-order valence-corrected chi connectivity index (χ0v) is 28.6. The zero-order chi connectivity index (χ0) is 31.0. The molecule has 4 unspecified atom stereocenters. The molecule has 0 aromatic rings. The van der Waals surface area contributed by atoms with Crippen LogP contribution in [0.5, 0.6) is 0 Å². The minimum Gasteiger partial charge on any atom is -0.380 e. The van der Waals surface area contributed by atoms with Crippen molar-refractivity contribution in [3.8, 4) is 0 Å². The summed E-state index contributed by atoms with van der Waals surface area (Å²) < 4.78 is 40.0. The smallest absolute Gasteiger partial charge is 0.328 e. The van der Waals surface area contributed by atoms with Crippen molar-refractivity contribution in [3.05, 3.63) is 0 Å². The molecule has 0 amide bonds. The van der Waals surface area contributed by atoms with E-state index in [1.807, 2.05) is 48.5 Å². The van der Waals surface area contributed by atoms with Crippen molar-refractivity contribution >= 4 is 0 Å². The van der Waals surface area contributed by atoms with Gasteiger partial charge in [-0.15, -0.1) is 0 Å². The van der Waals surface area contributed by atoms with Crippen LogP contribution < -0.4 is 0 Å². The van der Waals surface area contributed by atoms with Crippen molar-refractivity contribution in [1.29, 1.82) is 0 Å². The monoisotopic (exact) mass is 578 g/mol. The fourth-order valence-corrected chi connectivity index (χ4v) is 3.83. The fourth-order valence-electron chi connectivity index (χ4n) is 3.83. The third-order valence-electron chi connectivity index (χ3n) is 6.20. The Balaban J connectivity index is 7.43. The summed E-state index contributed by atoms with van der Waals surface area (Å²) in [6.07, 6.45) is 3.64. The Bertz CT molecular complexity index is 635. The first-order valence-corrected chi connectivity index (χ1v) is 15.8. The number of rotatable bonds is 24. The molecule has 0 fully saturated rings. The van der Waals surface area contributed by atoms with E-state index in [4.69, 9.17) is 38.2 Å². The molecule has 0 saturated heterocycles. The molecule has 0 rings (SSSR count). The first-order chi connectivity index (χ1) is 18.5. The van der Waals surface area contributed by atoms with Crippen molar-refractivity contribution in [3.63, 3.8) is 0 Å². The molecule has 8 heteroatoms. The Morgan fingerprint density at radius 1 is 0.675 bits per heavy atom. The summed E-state index contributed by atoms with van der Waals surface area (Å²) in [6, 6.07) is 0. The summed E-state index contributed by atoms with van der Waals surface area (Å²) in [5, 5.41) is 0. The van der Waals surface area contributed by atoms with Crippen LogP contribution in [0.2, 0.25) is 0 Å². The average molecular weight is 579 g/mol. The van der Waals surface area contributed by atoms with Gasteiger partial charge < -0.3 is 28.4 Å². The molecule has 0 aliphatic rings. The predicted octanol–water partition coefficient (Wildman–Crippen LogP) is 8.27. The summed E-state index contributed by atoms with van der Waals surface area (Å²) in [7, 11) is 0. The van der Waals surface area contributed by atoms with Crippen LogP contribution in [0.15, 0.2) is 0 Å². The second-order valence-electron chi connectivity index (χ2n) is 13.2. The maximum Gasteiger partial charge on any atom is 0.328 e. The molecular weight excluding hydrogens is 512 g/mol. The zero-order valence-electron chi connectivity index (χ0n) is 28.6. The summed E-state index contributed by atoms with van der Waals surface area (Å²) in [5.74, 6) is -2.81. The van der Waals surface area contributed by atoms with Gasteiger partial charge in [0.2, 0.25) is 0 Å². The molecule has 0 aliphatic heterocycles. The third kappa shape index (κ3) is 13.3. The van der Waals surface area contributed by atoms with Crippen LogP contribution in [0.25, 0.3) is 0 Å². The average Bonchev–Trinajstić information content (AvgIpc) is 2.83. The summed E-state index contributed by atoms with van der Waals surface area (Å²) in [5.41, 5.74) is -2.01. The summed E-state index contributed by atoms with van der Waals surface area (Å²) in [6.45, 7) is 30.3. The molecule has 0 aromatic heterocycles. The van der Waals surface area contributed by atoms with Gasteiger partial charge in [-0.1, -0.05) is 54.9 Å². The molecule has 8 nitrogen and oxygen atoms in total. The van der Waals surface area contributed by atoms with E-state index >= 15 is 0 Å². The van der Waals surface area contributed by atoms with E-state index in [1.165, 1.54) is 0 Å². The van der Waals surface area contributed by atoms with Crippen LogP contribution in [-0.4, -0.2) is 62.8 Å². The number of hydrogen-bond donors (Lipinski definition) is 0. The molecule has 0 radical (unpaired) electrons. The number of ether oxygens (including phenoxy) is 6. The topological polar surface area (TPSA) is 73.8 Å². The Morgan fingerprint density at radius 3 is 1.80 bits per heavy atom. The Morgan fingerprint density at radius 2 is 1.32 bits per heavy atom. The molecule has 0 heterocycles. The molecule has 0 N–H and O–H groups in total. The van der Waals surface area contributed by atoms with Gasteiger partial charge in [0.1, 0.15) is 0 Å². The Labute approximate surface area is 247 Å². The van der Waals surface area contributed by atoms with Crippen LogP contribution in [-0.2, 0) is 38.2 Å². The SMILES string of the molecule is CCCCOC(OCC(C)C)(OC(C)C)C(C)(COCCC)C(OOCCC(C)C)(OC(C)CC)OC(C)(C)C. The van der Waals surface area contributed by atoms with Crippen molar-refractivity contribution in [1.82, 2.24) is 0 Å². The van der Waals surface area contributed by atoms with Gasteiger partial charge in [-0.05, 0) is 86.0 Å². The van der Waals surface area contributed by atoms with E-state index in [1.54, 1.807) is 0 Å². The van der Waals surface area contributed by atoms with Crippen molar-refractivity contribution in [2.75, 3.05) is 33.0 Å². The lowest BCUT2D eigenvalue weighted by atomic mass is 9.83. The standard InChI is InChI=1S/C32H66O8/c1-15-18-21-34-31(37-27(8)9,35-23-26(6)7)30(14,24-33-20-16-2)32(38-28(10)17-3,39-29(11,12)13)40-36-22-19-25(4)5/h25-28H,15-24H2,1-14H3. The summed E-state index contributed by atoms with van der Waals surface area (Å²) >= 11 is 0. The van der Waals surface area contributed by atoms with Crippen molar-refractivity contribution in [2.24, 2.45) is 17.3 Å². The quantitative estimate of drug-likeness (QED) is 0.0490. The lowest BCUT2D eigenvalue weighted by Crippen LogP contribution is -2.71. The minimum atomic E-state index is -1.82. The second-order valence-corrected chi connectivity index (χ2v) is 13.2. The van der Waals surface area contributed by atoms with E-state index in [0.29, 0.717) is 32.3 Å². The molecule has 40 heavy (non-hydrogen) atoms. The highest BCUT2D eigenvalue weighted by atomic mass is 17.3. The second kappa shape index (κ2) is 19.1. The van der Waals surface area contributed by atoms with Gasteiger partial charge in [0, 0.05) is 6.61 Å². The van der Waals surface area contributed by atoms with Gasteiger partial charge in [0.15, 0.2) is 5.41 Å². The van der Waals surface area contributed by atoms with E-state index in [0.717, 1.165) is 32.1 Å². The van der Waals surface area contributed by atoms with E-state index in [-0.39, 0.29) is 24.7 Å². The molecule has 0 saturated carbocycles. The van der Waals surface area contributed by atoms with E-state index in [9.17, 15) is 0 Å². The van der Waals surface area contributed by atoms with Gasteiger partial charge in [0.05, 0.1) is 44.2 Å². The minimum absolute atomic E-state index is 0.109. The highest BCUT2D eigenvalue weighted by Crippen LogP contribution is 2.52. The van der Waals surface area contributed by atoms with Gasteiger partial charge in [-0.3, -0.25) is 0 Å². The van der Waals surface area contributed by atoms with Crippen molar-refractivity contribution in [2.45, 2.75) is 159 Å². The lowest BCUT2D eigenvalue weighted by Gasteiger charge is -2.55. The van der Waals surface area contributed by atoms with Crippen LogP contribution in [0, 0.1) is 17.3 Å². The van der Waals surface area contributed by atoms with Gasteiger partial charge in [-0.25, -0.2) is 4.89 Å². The Kier molecular flexibility index (Phi) is 18.9. The van der Waals surface area contributed by atoms with E-state index < -0.39 is 23.0 Å². The molecule has 4 atom stereocenters. The summed E-state index contributed by atoms with van der Waals surface area (Å²) in [4.78, 5) is 12.3. The van der Waals surface area contributed by atoms with Crippen LogP contribution in [0.4, 0.5) is 0 Å². The first kappa shape index (κ1) is 39.7. The first-order valence-electron chi connectivity index (χ1n) is 15.8. The third-order valence-corrected chi connectivity index (χ3v) is 6.20. The maximum absolute atomic E-state index is 6.81. The molecule has 0 spiro atoms. The molecule has 0 aliphatic carbocycles. The van der Waals surface area contributed by atoms with Gasteiger partial charge in [-0.2, -0.15) is 4.89 Å². The van der Waals surface area contributed by atoms with Crippen molar-refractivity contribution < 1.29 is 38.2 Å². The van der Waals surface area contributed by atoms with Crippen LogP contribution >= 0.6 is 0 Å². The molecule has 0 bridgehead atoms. The van der Waals surface area contributed by atoms with Gasteiger partial charge >= 0.3 is 5.97 Å². The maximum atomic E-state index is 6.81. The van der Waals surface area contributed by atoms with Crippen LogP contribution in [0.1, 0.15) is 129 Å². The largest absolute Gasteiger partial charge is 0.380 e.